The predicted molar refractivity (Wildman–Crippen MR) is 90.2 cm³/mol. The van der Waals surface area contributed by atoms with Gasteiger partial charge in [0.05, 0.1) is 6.54 Å². The van der Waals surface area contributed by atoms with Gasteiger partial charge >= 0.3 is 0 Å². The average Bonchev–Trinajstić information content (AvgIpc) is 3.10. The highest BCUT2D eigenvalue weighted by molar-refractivity contribution is 7.90. The van der Waals surface area contributed by atoms with Gasteiger partial charge in [0, 0.05) is 51.2 Å². The van der Waals surface area contributed by atoms with Crippen molar-refractivity contribution in [3.8, 4) is 0 Å². The summed E-state index contributed by atoms with van der Waals surface area (Å²) in [4.78, 5) is 9.07. The lowest BCUT2D eigenvalue weighted by atomic mass is 10.1. The molecule has 4 rings (SSSR count). The number of amidine groups is 1. The molecule has 0 radical (unpaired) electrons. The summed E-state index contributed by atoms with van der Waals surface area (Å²) in [5.74, 6) is 1.62. The smallest absolute Gasteiger partial charge is 0.285 e. The number of fused-ring (bicyclic) bond motifs is 1. The maximum absolute atomic E-state index is 12.2. The largest absolute Gasteiger partial charge is 0.353 e. The van der Waals surface area contributed by atoms with Gasteiger partial charge in [-0.3, -0.25) is 4.90 Å². The lowest BCUT2D eigenvalue weighted by Gasteiger charge is -2.35. The highest BCUT2D eigenvalue weighted by Crippen LogP contribution is 2.27. The summed E-state index contributed by atoms with van der Waals surface area (Å²) in [6.45, 7) is 4.03. The second kappa shape index (κ2) is 5.71. The predicted octanol–water partition coefficient (Wildman–Crippen LogP) is 0.687. The summed E-state index contributed by atoms with van der Waals surface area (Å²) in [5.41, 5.74) is 0.718. The first kappa shape index (κ1) is 15.3. The number of hydrogen-bond acceptors (Lipinski definition) is 5. The van der Waals surface area contributed by atoms with Crippen LogP contribution in [0.4, 0.5) is 0 Å². The van der Waals surface area contributed by atoms with Gasteiger partial charge in [-0.2, -0.15) is 8.42 Å². The number of imidazole rings is 1. The molecule has 0 N–H and O–H groups in total. The third kappa shape index (κ3) is 2.61. The summed E-state index contributed by atoms with van der Waals surface area (Å²) in [5, 5.41) is 0. The fourth-order valence-corrected chi connectivity index (χ4v) is 4.41. The fraction of sp³-hybridized carbons (Fsp3) is 0.375. The lowest BCUT2D eigenvalue weighted by Crippen LogP contribution is -2.48. The van der Waals surface area contributed by atoms with E-state index >= 15 is 0 Å². The maximum Gasteiger partial charge on any atom is 0.285 e. The number of aromatic nitrogens is 2. The normalized spacial score (nSPS) is 20.0. The number of aryl methyl sites for hydroxylation is 1. The van der Waals surface area contributed by atoms with Crippen molar-refractivity contribution in [2.75, 3.05) is 26.2 Å². The summed E-state index contributed by atoms with van der Waals surface area (Å²) in [6, 6.07) is 7.05. The molecule has 0 saturated carbocycles. The standard InChI is InChI=1S/C16H19N5O2S/c1-19-7-6-17-15(19)12-20-8-10-21(11-9-20)16-13-4-2-3-5-14(13)24(22,23)18-16/h2-7H,8-12H2,1H3. The summed E-state index contributed by atoms with van der Waals surface area (Å²) in [6.07, 6.45) is 3.75. The van der Waals surface area contributed by atoms with Gasteiger partial charge < -0.3 is 9.47 Å². The minimum atomic E-state index is -3.54. The molecule has 1 saturated heterocycles. The molecular weight excluding hydrogens is 326 g/mol. The quantitative estimate of drug-likeness (QED) is 0.801. The minimum Gasteiger partial charge on any atom is -0.353 e. The molecule has 8 heteroatoms. The van der Waals surface area contributed by atoms with Crippen LogP contribution in [0.15, 0.2) is 46.0 Å². The fourth-order valence-electron chi connectivity index (χ4n) is 3.18. The third-order valence-electron chi connectivity index (χ3n) is 4.57. The Kier molecular flexibility index (Phi) is 3.65. The van der Waals surface area contributed by atoms with Crippen molar-refractivity contribution in [2.45, 2.75) is 11.4 Å². The summed E-state index contributed by atoms with van der Waals surface area (Å²) < 4.78 is 30.4. The molecule has 3 heterocycles. The van der Waals surface area contributed by atoms with E-state index in [0.29, 0.717) is 10.7 Å². The summed E-state index contributed by atoms with van der Waals surface area (Å²) in [7, 11) is -1.55. The van der Waals surface area contributed by atoms with Crippen LogP contribution < -0.4 is 0 Å². The van der Waals surface area contributed by atoms with Crippen molar-refractivity contribution < 1.29 is 8.42 Å². The zero-order valence-electron chi connectivity index (χ0n) is 13.5. The molecule has 0 aliphatic carbocycles. The average molecular weight is 345 g/mol. The number of nitrogens with zero attached hydrogens (tertiary/aromatic N) is 5. The molecule has 0 spiro atoms. The van der Waals surface area contributed by atoms with Gasteiger partial charge in [-0.1, -0.05) is 12.1 Å². The highest BCUT2D eigenvalue weighted by Gasteiger charge is 2.32. The second-order valence-electron chi connectivity index (χ2n) is 6.10. The topological polar surface area (TPSA) is 70.8 Å². The number of benzene rings is 1. The molecule has 2 aromatic rings. The second-order valence-corrected chi connectivity index (χ2v) is 7.68. The zero-order valence-corrected chi connectivity index (χ0v) is 14.3. The first-order valence-electron chi connectivity index (χ1n) is 7.92. The molecule has 0 amide bonds. The van der Waals surface area contributed by atoms with Gasteiger partial charge in [0.25, 0.3) is 10.0 Å². The Morgan fingerprint density at radius 2 is 1.88 bits per heavy atom. The van der Waals surface area contributed by atoms with Crippen LogP contribution in [-0.4, -0.2) is 59.8 Å². The Balaban J connectivity index is 1.48. The third-order valence-corrected chi connectivity index (χ3v) is 5.90. The first-order chi connectivity index (χ1) is 11.5. The van der Waals surface area contributed by atoms with Crippen LogP contribution in [-0.2, 0) is 23.6 Å². The van der Waals surface area contributed by atoms with Gasteiger partial charge in [-0.25, -0.2) is 4.98 Å². The highest BCUT2D eigenvalue weighted by atomic mass is 32.2. The van der Waals surface area contributed by atoms with E-state index < -0.39 is 10.0 Å². The lowest BCUT2D eigenvalue weighted by molar-refractivity contribution is 0.171. The van der Waals surface area contributed by atoms with Crippen LogP contribution in [0.2, 0.25) is 0 Å². The van der Waals surface area contributed by atoms with Crippen LogP contribution in [0.1, 0.15) is 11.4 Å². The molecule has 2 aliphatic rings. The molecule has 0 atom stereocenters. The molecule has 1 aromatic carbocycles. The number of piperazine rings is 1. The number of rotatable bonds is 2. The molecular formula is C16H19N5O2S. The SMILES string of the molecule is Cn1ccnc1CN1CCN(C2=NS(=O)(=O)c3ccccc32)CC1. The molecule has 7 nitrogen and oxygen atoms in total. The van der Waals surface area contributed by atoms with Gasteiger partial charge in [0.15, 0.2) is 5.84 Å². The van der Waals surface area contributed by atoms with E-state index in [1.165, 1.54) is 0 Å². The Morgan fingerprint density at radius 3 is 2.58 bits per heavy atom. The van der Waals surface area contributed by atoms with Crippen LogP contribution in [0.25, 0.3) is 0 Å². The van der Waals surface area contributed by atoms with E-state index in [9.17, 15) is 8.42 Å². The van der Waals surface area contributed by atoms with Crippen molar-refractivity contribution in [3.63, 3.8) is 0 Å². The Morgan fingerprint density at radius 1 is 1.12 bits per heavy atom. The maximum atomic E-state index is 12.2. The first-order valence-corrected chi connectivity index (χ1v) is 9.36. The molecule has 1 fully saturated rings. The molecule has 1 aromatic heterocycles. The number of sulfonamides is 1. The zero-order chi connectivity index (χ0) is 16.7. The van der Waals surface area contributed by atoms with Gasteiger partial charge in [-0.05, 0) is 12.1 Å². The van der Waals surface area contributed by atoms with E-state index in [4.69, 9.17) is 0 Å². The van der Waals surface area contributed by atoms with E-state index in [2.05, 4.69) is 19.2 Å². The van der Waals surface area contributed by atoms with Gasteiger partial charge in [-0.15, -0.1) is 4.40 Å². The van der Waals surface area contributed by atoms with Crippen LogP contribution in [0.3, 0.4) is 0 Å². The van der Waals surface area contributed by atoms with Crippen LogP contribution in [0.5, 0.6) is 0 Å². The Hall–Kier alpha value is -2.19. The molecule has 0 bridgehead atoms. The molecule has 126 valence electrons. The Bertz CT molecular complexity index is 895. The monoisotopic (exact) mass is 345 g/mol. The summed E-state index contributed by atoms with van der Waals surface area (Å²) >= 11 is 0. The Labute approximate surface area is 141 Å². The van der Waals surface area contributed by atoms with E-state index in [1.54, 1.807) is 18.3 Å². The van der Waals surface area contributed by atoms with Gasteiger partial charge in [0.2, 0.25) is 0 Å². The number of hydrogen-bond donors (Lipinski definition) is 0. The van der Waals surface area contributed by atoms with Crippen molar-refractivity contribution in [1.82, 2.24) is 19.4 Å². The molecule has 0 unspecified atom stereocenters. The van der Waals surface area contributed by atoms with E-state index in [1.807, 2.05) is 29.9 Å². The van der Waals surface area contributed by atoms with Gasteiger partial charge in [0.1, 0.15) is 10.7 Å². The van der Waals surface area contributed by atoms with Crippen molar-refractivity contribution >= 4 is 15.9 Å². The molecule has 24 heavy (non-hydrogen) atoms. The van der Waals surface area contributed by atoms with Crippen LogP contribution in [0, 0.1) is 0 Å². The van der Waals surface area contributed by atoms with Crippen molar-refractivity contribution in [3.05, 3.63) is 48.0 Å². The minimum absolute atomic E-state index is 0.315. The molecule has 2 aliphatic heterocycles. The van der Waals surface area contributed by atoms with E-state index in [0.717, 1.165) is 44.1 Å². The van der Waals surface area contributed by atoms with Crippen molar-refractivity contribution in [2.24, 2.45) is 11.4 Å². The van der Waals surface area contributed by atoms with Crippen molar-refractivity contribution in [1.29, 1.82) is 0 Å². The van der Waals surface area contributed by atoms with Crippen LogP contribution >= 0.6 is 0 Å². The van der Waals surface area contributed by atoms with E-state index in [-0.39, 0.29) is 0 Å².